The molecule has 2 fully saturated rings. The molecule has 0 radical (unpaired) electrons. The molecule has 2 aromatic rings. The number of hydrogen-bond acceptors (Lipinski definition) is 6. The molecular formula is C22H26N2O5. The summed E-state index contributed by atoms with van der Waals surface area (Å²) in [6, 6.07) is 6.19. The molecule has 2 bridgehead atoms. The molecular weight excluding hydrogens is 372 g/mol. The molecule has 0 aliphatic carbocycles. The van der Waals surface area contributed by atoms with Crippen LogP contribution in [0.25, 0.3) is 10.9 Å². The molecule has 29 heavy (non-hydrogen) atoms. The number of piperidine rings is 1. The number of rotatable bonds is 3. The van der Waals surface area contributed by atoms with Gasteiger partial charge in [0.1, 0.15) is 5.75 Å². The molecule has 1 N–H and O–H groups in total. The number of benzene rings is 1. The molecule has 5 atom stereocenters. The molecule has 5 heterocycles. The van der Waals surface area contributed by atoms with Gasteiger partial charge in [0.25, 0.3) is 0 Å². The van der Waals surface area contributed by atoms with E-state index in [-0.39, 0.29) is 17.6 Å². The second kappa shape index (κ2) is 5.53. The van der Waals surface area contributed by atoms with Crippen molar-refractivity contribution < 1.29 is 24.1 Å². The van der Waals surface area contributed by atoms with Crippen molar-refractivity contribution in [1.82, 2.24) is 9.47 Å². The first-order valence-corrected chi connectivity index (χ1v) is 10.4. The Labute approximate surface area is 169 Å². The minimum absolute atomic E-state index is 0.128. The van der Waals surface area contributed by atoms with E-state index in [1.807, 2.05) is 12.1 Å². The number of carbonyl (C=O) groups is 1. The van der Waals surface area contributed by atoms with E-state index < -0.39 is 17.8 Å². The maximum absolute atomic E-state index is 13.3. The third-order valence-corrected chi connectivity index (χ3v) is 7.89. The van der Waals surface area contributed by atoms with E-state index in [9.17, 15) is 9.90 Å². The molecule has 6 rings (SSSR count). The van der Waals surface area contributed by atoms with E-state index in [4.69, 9.17) is 14.2 Å². The predicted molar refractivity (Wildman–Crippen MR) is 105 cm³/mol. The summed E-state index contributed by atoms with van der Waals surface area (Å²) in [5.41, 5.74) is 1.82. The molecule has 1 aromatic carbocycles. The molecule has 5 unspecified atom stereocenters. The van der Waals surface area contributed by atoms with Crippen LogP contribution in [-0.4, -0.2) is 60.1 Å². The summed E-state index contributed by atoms with van der Waals surface area (Å²) in [4.78, 5) is 15.7. The van der Waals surface area contributed by atoms with Crippen LogP contribution < -0.4 is 4.74 Å². The number of hydrogen-bond donors (Lipinski definition) is 1. The van der Waals surface area contributed by atoms with Gasteiger partial charge in [-0.3, -0.25) is 4.90 Å². The second-order valence-corrected chi connectivity index (χ2v) is 8.88. The topological polar surface area (TPSA) is 73.2 Å². The van der Waals surface area contributed by atoms with Crippen LogP contribution in [0, 0.1) is 5.41 Å². The molecule has 1 aromatic heterocycles. The first-order chi connectivity index (χ1) is 14.0. The summed E-state index contributed by atoms with van der Waals surface area (Å²) in [5.74, 6) is 0.346. The Kier molecular flexibility index (Phi) is 3.38. The largest absolute Gasteiger partial charge is 0.497 e. The average molecular weight is 398 g/mol. The number of methoxy groups -OCH3 is 2. The highest BCUT2D eigenvalue weighted by atomic mass is 16.6. The Morgan fingerprint density at radius 2 is 2.21 bits per heavy atom. The highest BCUT2D eigenvalue weighted by Crippen LogP contribution is 2.67. The molecule has 0 amide bonds. The smallest absolute Gasteiger partial charge is 0.360 e. The number of aliphatic hydroxyl groups is 1. The highest BCUT2D eigenvalue weighted by molar-refractivity contribution is 5.91. The zero-order valence-electron chi connectivity index (χ0n) is 17.0. The molecule has 7 heteroatoms. The van der Waals surface area contributed by atoms with Crippen LogP contribution in [0.3, 0.4) is 0 Å². The maximum atomic E-state index is 13.3. The minimum atomic E-state index is -1.25. The summed E-state index contributed by atoms with van der Waals surface area (Å²) < 4.78 is 19.4. The summed E-state index contributed by atoms with van der Waals surface area (Å²) in [6.45, 7) is 3.62. The van der Waals surface area contributed by atoms with Crippen molar-refractivity contribution in [3.05, 3.63) is 29.5 Å². The lowest BCUT2D eigenvalue weighted by Gasteiger charge is -2.55. The van der Waals surface area contributed by atoms with E-state index in [0.717, 1.165) is 41.7 Å². The van der Waals surface area contributed by atoms with E-state index in [1.165, 1.54) is 12.7 Å². The van der Waals surface area contributed by atoms with Crippen LogP contribution >= 0.6 is 0 Å². The van der Waals surface area contributed by atoms with Gasteiger partial charge in [0, 0.05) is 42.1 Å². The SMILES string of the molecule is CCC12CC3(C(=O)OC)OC1C(O)CN1CCc4c(n3c3cc(OC)ccc43)C12. The van der Waals surface area contributed by atoms with Crippen molar-refractivity contribution in [1.29, 1.82) is 0 Å². The van der Waals surface area contributed by atoms with Gasteiger partial charge in [-0.1, -0.05) is 6.92 Å². The highest BCUT2D eigenvalue weighted by Gasteiger charge is 2.72. The van der Waals surface area contributed by atoms with E-state index in [2.05, 4.69) is 22.5 Å². The van der Waals surface area contributed by atoms with E-state index >= 15 is 0 Å². The lowest BCUT2D eigenvalue weighted by Crippen LogP contribution is -2.61. The number of ether oxygens (including phenoxy) is 3. The lowest BCUT2D eigenvalue weighted by atomic mass is 9.62. The molecule has 4 aliphatic rings. The molecule has 0 saturated carbocycles. The third-order valence-electron chi connectivity index (χ3n) is 7.89. The fraction of sp³-hybridized carbons (Fsp3) is 0.591. The number of aliphatic hydroxyl groups excluding tert-OH is 1. The first kappa shape index (κ1) is 17.7. The number of nitrogens with zero attached hydrogens (tertiary/aromatic N) is 2. The predicted octanol–water partition coefficient (Wildman–Crippen LogP) is 1.95. The Hall–Kier alpha value is -2.09. The molecule has 154 valence electrons. The van der Waals surface area contributed by atoms with Crippen LogP contribution in [0.5, 0.6) is 5.75 Å². The number of fused-ring (bicyclic) bond motifs is 5. The Bertz CT molecular complexity index is 1050. The fourth-order valence-electron chi connectivity index (χ4n) is 6.80. The van der Waals surface area contributed by atoms with Gasteiger partial charge in [-0.05, 0) is 30.5 Å². The van der Waals surface area contributed by atoms with Crippen LogP contribution in [-0.2, 0) is 26.4 Å². The van der Waals surface area contributed by atoms with Crippen LogP contribution in [0.2, 0.25) is 0 Å². The van der Waals surface area contributed by atoms with Gasteiger partial charge in [0.05, 0.1) is 38.0 Å². The zero-order valence-corrected chi connectivity index (χ0v) is 17.0. The zero-order chi connectivity index (χ0) is 20.1. The molecule has 2 saturated heterocycles. The van der Waals surface area contributed by atoms with Crippen molar-refractivity contribution in [2.45, 2.75) is 50.2 Å². The summed E-state index contributed by atoms with van der Waals surface area (Å²) in [7, 11) is 3.06. The number of esters is 1. The standard InChI is InChI=1S/C22H26N2O5/c1-4-21-11-22(20(26)28-3)24-15-9-12(27-2)5-6-13(15)14-7-8-23(18(21)17(14)24)10-16(25)19(21)29-22/h5-6,9,16,18-19,25H,4,7-8,10-11H2,1-3H3. The van der Waals surface area contributed by atoms with Gasteiger partial charge in [-0.15, -0.1) is 0 Å². The Morgan fingerprint density at radius 1 is 1.38 bits per heavy atom. The van der Waals surface area contributed by atoms with Crippen molar-refractivity contribution in [2.75, 3.05) is 27.3 Å². The molecule has 7 nitrogen and oxygen atoms in total. The van der Waals surface area contributed by atoms with E-state index in [1.54, 1.807) is 7.11 Å². The Morgan fingerprint density at radius 3 is 2.93 bits per heavy atom. The first-order valence-electron chi connectivity index (χ1n) is 10.4. The van der Waals surface area contributed by atoms with Gasteiger partial charge in [-0.25, -0.2) is 4.79 Å². The summed E-state index contributed by atoms with van der Waals surface area (Å²) >= 11 is 0. The van der Waals surface area contributed by atoms with Gasteiger partial charge in [0.15, 0.2) is 0 Å². The van der Waals surface area contributed by atoms with Crippen LogP contribution in [0.1, 0.15) is 37.1 Å². The maximum Gasteiger partial charge on any atom is 0.360 e. The van der Waals surface area contributed by atoms with Gasteiger partial charge >= 0.3 is 5.97 Å². The quantitative estimate of drug-likeness (QED) is 0.797. The van der Waals surface area contributed by atoms with Crippen molar-refractivity contribution in [3.8, 4) is 5.75 Å². The summed E-state index contributed by atoms with van der Waals surface area (Å²) in [5, 5.41) is 12.1. The van der Waals surface area contributed by atoms with Gasteiger partial charge in [-0.2, -0.15) is 0 Å². The second-order valence-electron chi connectivity index (χ2n) is 8.88. The van der Waals surface area contributed by atoms with Crippen LogP contribution in [0.15, 0.2) is 18.2 Å². The van der Waals surface area contributed by atoms with Crippen molar-refractivity contribution in [2.24, 2.45) is 5.41 Å². The number of aromatic nitrogens is 1. The fourth-order valence-corrected chi connectivity index (χ4v) is 6.80. The van der Waals surface area contributed by atoms with Crippen LogP contribution in [0.4, 0.5) is 0 Å². The Balaban J connectivity index is 1.75. The molecule has 4 aliphatic heterocycles. The van der Waals surface area contributed by atoms with Gasteiger partial charge < -0.3 is 23.9 Å². The summed E-state index contributed by atoms with van der Waals surface area (Å²) in [6.07, 6.45) is 1.22. The monoisotopic (exact) mass is 398 g/mol. The van der Waals surface area contributed by atoms with E-state index in [0.29, 0.717) is 13.0 Å². The van der Waals surface area contributed by atoms with Gasteiger partial charge in [0.2, 0.25) is 5.72 Å². The third kappa shape index (κ3) is 1.83. The average Bonchev–Trinajstić information content (AvgIpc) is 3.25. The molecule has 0 spiro atoms. The van der Waals surface area contributed by atoms with Crippen molar-refractivity contribution >= 4 is 16.9 Å². The minimum Gasteiger partial charge on any atom is -0.497 e. The lowest BCUT2D eigenvalue weighted by molar-refractivity contribution is -0.191. The normalized spacial score (nSPS) is 37.0. The van der Waals surface area contributed by atoms with Crippen molar-refractivity contribution in [3.63, 3.8) is 0 Å². The number of carbonyl (C=O) groups excluding carboxylic acids is 1.